The van der Waals surface area contributed by atoms with Crippen molar-refractivity contribution in [1.29, 1.82) is 0 Å². The van der Waals surface area contributed by atoms with Gasteiger partial charge < -0.3 is 15.3 Å². The van der Waals surface area contributed by atoms with Crippen LogP contribution < -0.4 is 0 Å². The number of hydrogen-bond donors (Lipinski definition) is 3. The van der Waals surface area contributed by atoms with Crippen molar-refractivity contribution in [3.05, 3.63) is 11.6 Å². The van der Waals surface area contributed by atoms with Gasteiger partial charge in [0.15, 0.2) is 0 Å². The smallest absolute Gasteiger partial charge is 0.331 e. The number of aliphatic hydroxyl groups excluding tert-OH is 1. The van der Waals surface area contributed by atoms with Gasteiger partial charge in [-0.2, -0.15) is 0 Å². The Hall–Kier alpha value is -0.870. The van der Waals surface area contributed by atoms with Gasteiger partial charge in [-0.25, -0.2) is 4.79 Å². The third-order valence-electron chi connectivity index (χ3n) is 6.04. The summed E-state index contributed by atoms with van der Waals surface area (Å²) in [7, 11) is 0. The Bertz CT molecular complexity index is 481. The van der Waals surface area contributed by atoms with E-state index in [2.05, 4.69) is 6.92 Å². The molecule has 4 nitrogen and oxygen atoms in total. The Morgan fingerprint density at radius 2 is 2.00 bits per heavy atom. The Balaban J connectivity index is 2.20. The van der Waals surface area contributed by atoms with Gasteiger partial charge in [-0.1, -0.05) is 20.8 Å². The quantitative estimate of drug-likeness (QED) is 0.673. The molecule has 0 amide bonds. The zero-order chi connectivity index (χ0) is 14.2. The molecule has 3 rings (SSSR count). The molecule has 0 heterocycles. The number of aliphatic carboxylic acids is 1. The first-order valence-electron chi connectivity index (χ1n) is 7.03. The van der Waals surface area contributed by atoms with E-state index < -0.39 is 23.1 Å². The molecule has 0 aromatic rings. The van der Waals surface area contributed by atoms with Crippen LogP contribution in [0.25, 0.3) is 0 Å². The fourth-order valence-corrected chi connectivity index (χ4v) is 5.28. The van der Waals surface area contributed by atoms with Crippen molar-refractivity contribution in [1.82, 2.24) is 0 Å². The lowest BCUT2D eigenvalue weighted by atomic mass is 9.65. The average molecular weight is 266 g/mol. The zero-order valence-electron chi connectivity index (χ0n) is 11.7. The van der Waals surface area contributed by atoms with Gasteiger partial charge in [-0.3, -0.25) is 0 Å². The molecule has 0 radical (unpaired) electrons. The maximum Gasteiger partial charge on any atom is 0.331 e. The average Bonchev–Trinajstić information content (AvgIpc) is 2.79. The van der Waals surface area contributed by atoms with Gasteiger partial charge in [-0.05, 0) is 42.6 Å². The van der Waals surface area contributed by atoms with E-state index in [1.54, 1.807) is 0 Å². The van der Waals surface area contributed by atoms with Crippen LogP contribution in [0.2, 0.25) is 0 Å². The number of hydrogen-bond acceptors (Lipinski definition) is 3. The van der Waals surface area contributed by atoms with Crippen LogP contribution in [0.3, 0.4) is 0 Å². The van der Waals surface area contributed by atoms with Gasteiger partial charge >= 0.3 is 5.97 Å². The molecule has 2 fully saturated rings. The molecular formula is C15H22O4. The van der Waals surface area contributed by atoms with E-state index in [0.717, 1.165) is 12.8 Å². The van der Waals surface area contributed by atoms with Gasteiger partial charge in [0.05, 0.1) is 6.10 Å². The highest BCUT2D eigenvalue weighted by Gasteiger charge is 2.74. The monoisotopic (exact) mass is 266 g/mol. The van der Waals surface area contributed by atoms with Crippen molar-refractivity contribution in [2.75, 3.05) is 0 Å². The number of aliphatic hydroxyl groups is 2. The molecule has 3 N–H and O–H groups in total. The molecule has 2 saturated carbocycles. The van der Waals surface area contributed by atoms with Gasteiger partial charge in [0.1, 0.15) is 5.60 Å². The summed E-state index contributed by atoms with van der Waals surface area (Å²) < 4.78 is 0. The van der Waals surface area contributed by atoms with E-state index in [9.17, 15) is 20.1 Å². The van der Waals surface area contributed by atoms with E-state index in [1.165, 1.54) is 6.08 Å². The standard InChI is InChI=1S/C15H22O4/c1-8-4-5-10-9(11(16)17)6-15(19)12(18)13(2,3)7-14(8,10)15/h6,8,10,12,18-19H,4-5,7H2,1-3H3,(H,16,17)/t8-,10-,12+,14-,15+/m1/s1. The van der Waals surface area contributed by atoms with E-state index >= 15 is 0 Å². The minimum absolute atomic E-state index is 0.124. The Morgan fingerprint density at radius 1 is 1.37 bits per heavy atom. The van der Waals surface area contributed by atoms with Crippen molar-refractivity contribution in [2.45, 2.75) is 51.7 Å². The van der Waals surface area contributed by atoms with Crippen LogP contribution in [-0.2, 0) is 4.79 Å². The third-order valence-corrected chi connectivity index (χ3v) is 6.04. The Morgan fingerprint density at radius 3 is 2.58 bits per heavy atom. The lowest BCUT2D eigenvalue weighted by Crippen LogP contribution is -2.51. The molecule has 19 heavy (non-hydrogen) atoms. The SMILES string of the molecule is C[C@@H]1CC[C@@H]2C(C(=O)O)=C[C@]3(O)[C@@H](O)C(C)(C)C[C@@]123. The van der Waals surface area contributed by atoms with Crippen molar-refractivity contribution in [3.8, 4) is 0 Å². The molecule has 0 aromatic carbocycles. The molecule has 0 saturated heterocycles. The fourth-order valence-electron chi connectivity index (χ4n) is 5.28. The summed E-state index contributed by atoms with van der Waals surface area (Å²) in [6.45, 7) is 6.00. The van der Waals surface area contributed by atoms with Crippen molar-refractivity contribution < 1.29 is 20.1 Å². The van der Waals surface area contributed by atoms with Gasteiger partial charge in [0, 0.05) is 11.0 Å². The fraction of sp³-hybridized carbons (Fsp3) is 0.800. The van der Waals surface area contributed by atoms with E-state index in [4.69, 9.17) is 0 Å². The number of rotatable bonds is 1. The van der Waals surface area contributed by atoms with E-state index in [-0.39, 0.29) is 17.3 Å². The summed E-state index contributed by atoms with van der Waals surface area (Å²) in [5.41, 5.74) is -1.96. The minimum Gasteiger partial charge on any atom is -0.478 e. The molecule has 3 aliphatic carbocycles. The molecule has 106 valence electrons. The number of carbonyl (C=O) groups is 1. The lowest BCUT2D eigenvalue weighted by molar-refractivity contribution is -0.133. The third kappa shape index (κ3) is 1.24. The molecule has 0 bridgehead atoms. The largest absolute Gasteiger partial charge is 0.478 e. The maximum atomic E-state index is 11.4. The number of carboxylic acids is 1. The topological polar surface area (TPSA) is 77.8 Å². The Kier molecular flexibility index (Phi) is 2.36. The van der Waals surface area contributed by atoms with E-state index in [0.29, 0.717) is 12.0 Å². The zero-order valence-corrected chi connectivity index (χ0v) is 11.7. The second-order valence-corrected chi connectivity index (χ2v) is 7.37. The molecule has 0 aromatic heterocycles. The molecule has 0 aliphatic heterocycles. The first kappa shape index (κ1) is 13.1. The minimum atomic E-state index is -1.38. The van der Waals surface area contributed by atoms with Gasteiger partial charge in [0.2, 0.25) is 0 Å². The van der Waals surface area contributed by atoms with Crippen molar-refractivity contribution >= 4 is 5.97 Å². The van der Waals surface area contributed by atoms with Crippen LogP contribution in [0.4, 0.5) is 0 Å². The highest BCUT2D eigenvalue weighted by atomic mass is 16.4. The van der Waals surface area contributed by atoms with Crippen LogP contribution in [-0.4, -0.2) is 33.0 Å². The van der Waals surface area contributed by atoms with Crippen LogP contribution in [0, 0.1) is 22.7 Å². The van der Waals surface area contributed by atoms with Crippen LogP contribution in [0.15, 0.2) is 11.6 Å². The van der Waals surface area contributed by atoms with Crippen LogP contribution in [0.5, 0.6) is 0 Å². The molecule has 4 heteroatoms. The lowest BCUT2D eigenvalue weighted by Gasteiger charge is -2.41. The highest BCUT2D eigenvalue weighted by molar-refractivity contribution is 5.89. The highest BCUT2D eigenvalue weighted by Crippen LogP contribution is 2.71. The summed E-state index contributed by atoms with van der Waals surface area (Å²) in [4.78, 5) is 11.4. The van der Waals surface area contributed by atoms with E-state index in [1.807, 2.05) is 13.8 Å². The summed E-state index contributed by atoms with van der Waals surface area (Å²) >= 11 is 0. The molecule has 1 spiro atoms. The molecular weight excluding hydrogens is 244 g/mol. The molecule has 3 aliphatic rings. The van der Waals surface area contributed by atoms with Crippen LogP contribution >= 0.6 is 0 Å². The summed E-state index contributed by atoms with van der Waals surface area (Å²) in [5.74, 6) is -0.847. The first-order valence-corrected chi connectivity index (χ1v) is 7.03. The second kappa shape index (κ2) is 3.41. The predicted octanol–water partition coefficient (Wildman–Crippen LogP) is 1.57. The van der Waals surface area contributed by atoms with Crippen molar-refractivity contribution in [3.63, 3.8) is 0 Å². The molecule has 0 unspecified atom stereocenters. The summed E-state index contributed by atoms with van der Waals surface area (Å²) in [6, 6.07) is 0. The number of carboxylic acid groups (broad SMARTS) is 1. The maximum absolute atomic E-state index is 11.4. The van der Waals surface area contributed by atoms with Gasteiger partial charge in [-0.15, -0.1) is 0 Å². The second-order valence-electron chi connectivity index (χ2n) is 7.37. The molecule has 5 atom stereocenters. The van der Waals surface area contributed by atoms with Crippen LogP contribution in [0.1, 0.15) is 40.0 Å². The van der Waals surface area contributed by atoms with Crippen molar-refractivity contribution in [2.24, 2.45) is 22.7 Å². The summed E-state index contributed by atoms with van der Waals surface area (Å²) in [6.07, 6.45) is 2.94. The first-order chi connectivity index (χ1) is 8.67. The van der Waals surface area contributed by atoms with Gasteiger partial charge in [0.25, 0.3) is 0 Å². The predicted molar refractivity (Wildman–Crippen MR) is 69.4 cm³/mol. The summed E-state index contributed by atoms with van der Waals surface area (Å²) in [5, 5.41) is 31.0. The Labute approximate surface area is 113 Å². The normalized spacial score (nSPS) is 50.8.